The number of nitrogens with one attached hydrogen (secondary N) is 2. The normalized spacial score (nSPS) is 19.8. The van der Waals surface area contributed by atoms with Crippen LogP contribution >= 0.6 is 11.8 Å². The summed E-state index contributed by atoms with van der Waals surface area (Å²) in [4.78, 5) is 69.0. The number of carboxylic acid groups (broad SMARTS) is 1. The van der Waals surface area contributed by atoms with E-state index in [1.807, 2.05) is 0 Å². The lowest BCUT2D eigenvalue weighted by molar-refractivity contribution is -0.150. The van der Waals surface area contributed by atoms with Gasteiger partial charge in [-0.1, -0.05) is 11.2 Å². The molecule has 174 valence electrons. The van der Waals surface area contributed by atoms with E-state index >= 15 is 0 Å². The molecule has 0 aliphatic carbocycles. The number of fused-ring (bicyclic) bond motifs is 1. The molecule has 0 spiro atoms. The Balaban J connectivity index is 1.79. The van der Waals surface area contributed by atoms with E-state index in [9.17, 15) is 29.1 Å². The zero-order valence-electron chi connectivity index (χ0n) is 17.4. The van der Waals surface area contributed by atoms with Crippen molar-refractivity contribution in [1.29, 1.82) is 0 Å². The zero-order chi connectivity index (χ0) is 24.1. The summed E-state index contributed by atoms with van der Waals surface area (Å²) >= 11 is 1.22. The number of esters is 1. The molecule has 1 saturated heterocycles. The van der Waals surface area contributed by atoms with Crippen LogP contribution in [0.15, 0.2) is 34.6 Å². The number of hydrogen-bond donors (Lipinski definition) is 3. The van der Waals surface area contributed by atoms with E-state index in [4.69, 9.17) is 9.57 Å². The topological polar surface area (TPSA) is 177 Å². The van der Waals surface area contributed by atoms with Crippen molar-refractivity contribution in [3.05, 3.63) is 35.2 Å². The maximum Gasteiger partial charge on any atom is 0.352 e. The largest absolute Gasteiger partial charge is 0.477 e. The first kappa shape index (κ1) is 23.7. The van der Waals surface area contributed by atoms with Gasteiger partial charge in [0.15, 0.2) is 5.71 Å². The highest BCUT2D eigenvalue weighted by atomic mass is 32.2. The second-order valence-corrected chi connectivity index (χ2v) is 7.80. The number of nitrogens with zero attached hydrogens (tertiary/aromatic N) is 3. The van der Waals surface area contributed by atoms with Crippen LogP contribution in [-0.4, -0.2) is 81.8 Å². The summed E-state index contributed by atoms with van der Waals surface area (Å²) < 4.78 is 4.89. The smallest absolute Gasteiger partial charge is 0.352 e. The predicted octanol–water partition coefficient (Wildman–Crippen LogP) is -0.698. The molecular weight excluding hydrogens is 458 g/mol. The van der Waals surface area contributed by atoms with Crippen LogP contribution in [0.1, 0.15) is 12.6 Å². The maximum atomic E-state index is 12.9. The summed E-state index contributed by atoms with van der Waals surface area (Å²) in [6.45, 7) is 0.942. The van der Waals surface area contributed by atoms with Crippen molar-refractivity contribution in [1.82, 2.24) is 15.2 Å². The summed E-state index contributed by atoms with van der Waals surface area (Å²) in [7, 11) is 1.22. The molecule has 0 radical (unpaired) electrons. The molecule has 1 aromatic rings. The average molecular weight is 477 g/mol. The van der Waals surface area contributed by atoms with Crippen LogP contribution < -0.4 is 10.6 Å². The van der Waals surface area contributed by atoms with Gasteiger partial charge in [-0.2, -0.15) is 0 Å². The van der Waals surface area contributed by atoms with Crippen LogP contribution in [0.25, 0.3) is 0 Å². The second kappa shape index (κ2) is 10.1. The van der Waals surface area contributed by atoms with E-state index < -0.39 is 35.2 Å². The number of pyridine rings is 1. The first-order chi connectivity index (χ1) is 15.8. The molecule has 0 aromatic carbocycles. The summed E-state index contributed by atoms with van der Waals surface area (Å²) in [6.07, 6.45) is 0.421. The molecule has 3 rings (SSSR count). The minimum Gasteiger partial charge on any atom is -0.477 e. The minimum absolute atomic E-state index is 0.0796. The lowest BCUT2D eigenvalue weighted by Gasteiger charge is -2.49. The van der Waals surface area contributed by atoms with E-state index in [1.165, 1.54) is 44.0 Å². The highest BCUT2D eigenvalue weighted by molar-refractivity contribution is 8.00. The molecule has 2 aliphatic heterocycles. The van der Waals surface area contributed by atoms with Crippen molar-refractivity contribution in [2.75, 3.05) is 24.8 Å². The van der Waals surface area contributed by atoms with Gasteiger partial charge < -0.3 is 25.3 Å². The monoisotopic (exact) mass is 477 g/mol. The Hall–Kier alpha value is -3.94. The van der Waals surface area contributed by atoms with Crippen molar-refractivity contribution in [3.63, 3.8) is 0 Å². The fraction of sp³-hybridized carbons (Fsp3) is 0.316. The Morgan fingerprint density at radius 2 is 2.15 bits per heavy atom. The first-order valence-electron chi connectivity index (χ1n) is 9.41. The minimum atomic E-state index is -1.34. The van der Waals surface area contributed by atoms with Crippen LogP contribution in [0.5, 0.6) is 0 Å². The molecule has 3 heterocycles. The van der Waals surface area contributed by atoms with Crippen molar-refractivity contribution >= 4 is 53.5 Å². The predicted molar refractivity (Wildman–Crippen MR) is 114 cm³/mol. The van der Waals surface area contributed by atoms with Gasteiger partial charge in [0, 0.05) is 18.2 Å². The molecule has 3 N–H and O–H groups in total. The number of carboxylic acids is 1. The third-order valence-corrected chi connectivity index (χ3v) is 5.92. The highest BCUT2D eigenvalue weighted by Crippen LogP contribution is 2.40. The fourth-order valence-electron chi connectivity index (χ4n) is 3.20. The Bertz CT molecular complexity index is 1070. The SMILES string of the molecule is CON=C(C(=O)N[C@@H]1C(=O)N2C(C(=O)O)=C(COC(C)=O)CS[C@H]12)c1cccc(NC=O)n1. The number of carbonyl (C=O) groups excluding carboxylic acids is 4. The fourth-order valence-corrected chi connectivity index (χ4v) is 4.52. The summed E-state index contributed by atoms with van der Waals surface area (Å²) in [6, 6.07) is 3.48. The van der Waals surface area contributed by atoms with Gasteiger partial charge in [-0.3, -0.25) is 24.1 Å². The van der Waals surface area contributed by atoms with Crippen LogP contribution in [0, 0.1) is 0 Å². The Kier molecular flexibility index (Phi) is 7.27. The number of hydrogen-bond acceptors (Lipinski definition) is 10. The number of carbonyl (C=O) groups is 5. The summed E-state index contributed by atoms with van der Waals surface area (Å²) in [5.41, 5.74) is -0.155. The molecular formula is C19H19N5O8S. The lowest BCUT2D eigenvalue weighted by Crippen LogP contribution is -2.71. The third kappa shape index (κ3) is 4.95. The second-order valence-electron chi connectivity index (χ2n) is 6.69. The Morgan fingerprint density at radius 3 is 2.79 bits per heavy atom. The number of rotatable bonds is 9. The molecule has 0 bridgehead atoms. The number of amides is 3. The zero-order valence-corrected chi connectivity index (χ0v) is 18.2. The molecule has 1 fully saturated rings. The molecule has 0 saturated carbocycles. The number of β-lactam (4-membered cyclic amide) rings is 1. The van der Waals surface area contributed by atoms with Crippen LogP contribution in [0.4, 0.5) is 5.82 Å². The van der Waals surface area contributed by atoms with Gasteiger partial charge in [0.25, 0.3) is 11.8 Å². The standard InChI is InChI=1S/C19H19N5O8S/c1-9(26)32-6-10-7-33-18-14(17(28)24(18)15(10)19(29)30)22-16(27)13(23-31-2)11-4-3-5-12(21-11)20-8-25/h3-5,8,14,18H,6-7H2,1-2H3,(H,22,27)(H,29,30)(H,20,21,25)/t14-,18-/m1/s1. The van der Waals surface area contributed by atoms with Gasteiger partial charge >= 0.3 is 11.9 Å². The van der Waals surface area contributed by atoms with E-state index in [1.54, 1.807) is 0 Å². The van der Waals surface area contributed by atoms with Crippen LogP contribution in [0.3, 0.4) is 0 Å². The summed E-state index contributed by atoms with van der Waals surface area (Å²) in [5, 5.41) is 17.5. The van der Waals surface area contributed by atoms with Gasteiger partial charge in [-0.05, 0) is 12.1 Å². The number of ether oxygens (including phenoxy) is 1. The van der Waals surface area contributed by atoms with Crippen LogP contribution in [-0.2, 0) is 33.5 Å². The Labute approximate surface area is 191 Å². The molecule has 2 aliphatic rings. The average Bonchev–Trinajstić information content (AvgIpc) is 2.78. The van der Waals surface area contributed by atoms with Gasteiger partial charge in [-0.15, -0.1) is 11.8 Å². The van der Waals surface area contributed by atoms with E-state index in [-0.39, 0.29) is 40.9 Å². The van der Waals surface area contributed by atoms with Crippen molar-refractivity contribution in [2.45, 2.75) is 18.3 Å². The Morgan fingerprint density at radius 1 is 1.39 bits per heavy atom. The number of aromatic nitrogens is 1. The molecule has 2 atom stereocenters. The maximum absolute atomic E-state index is 12.9. The van der Waals surface area contributed by atoms with Gasteiger partial charge in [-0.25, -0.2) is 9.78 Å². The van der Waals surface area contributed by atoms with Crippen molar-refractivity contribution in [2.24, 2.45) is 5.16 Å². The highest BCUT2D eigenvalue weighted by Gasteiger charge is 2.54. The lowest BCUT2D eigenvalue weighted by atomic mass is 10.0. The number of thioether (sulfide) groups is 1. The molecule has 33 heavy (non-hydrogen) atoms. The summed E-state index contributed by atoms with van der Waals surface area (Å²) in [5.74, 6) is -2.98. The van der Waals surface area contributed by atoms with Crippen LogP contribution in [0.2, 0.25) is 0 Å². The van der Waals surface area contributed by atoms with Crippen molar-refractivity contribution < 1.29 is 38.7 Å². The van der Waals surface area contributed by atoms with E-state index in [0.29, 0.717) is 6.41 Å². The van der Waals surface area contributed by atoms with E-state index in [0.717, 1.165) is 4.90 Å². The molecule has 3 amide bonds. The van der Waals surface area contributed by atoms with Crippen molar-refractivity contribution in [3.8, 4) is 0 Å². The number of anilines is 1. The molecule has 14 heteroatoms. The van der Waals surface area contributed by atoms with E-state index in [2.05, 4.69) is 20.8 Å². The first-order valence-corrected chi connectivity index (χ1v) is 10.5. The quantitative estimate of drug-likeness (QED) is 0.135. The van der Waals surface area contributed by atoms with Gasteiger partial charge in [0.1, 0.15) is 42.3 Å². The third-order valence-electron chi connectivity index (χ3n) is 4.58. The van der Waals surface area contributed by atoms with Gasteiger partial charge in [0.05, 0.1) is 0 Å². The molecule has 0 unspecified atom stereocenters. The number of aliphatic carboxylic acids is 1. The van der Waals surface area contributed by atoms with Gasteiger partial charge in [0.2, 0.25) is 6.41 Å². The molecule has 1 aromatic heterocycles. The number of oxime groups is 1. The molecule has 13 nitrogen and oxygen atoms in total.